The van der Waals surface area contributed by atoms with Gasteiger partial charge in [-0.3, -0.25) is 9.59 Å². The van der Waals surface area contributed by atoms with E-state index >= 15 is 0 Å². The molecule has 3 rings (SSSR count). The van der Waals surface area contributed by atoms with Gasteiger partial charge in [0.1, 0.15) is 6.04 Å². The fourth-order valence-corrected chi connectivity index (χ4v) is 3.43. The van der Waals surface area contributed by atoms with Crippen LogP contribution in [0.5, 0.6) is 0 Å². The first-order valence-electron chi connectivity index (χ1n) is 8.73. The van der Waals surface area contributed by atoms with Gasteiger partial charge in [-0.15, -0.1) is 11.3 Å². The number of carbonyl (C=O) groups is 2. The number of thiazole rings is 1. The zero-order valence-corrected chi connectivity index (χ0v) is 15.8. The zero-order chi connectivity index (χ0) is 19.1. The van der Waals surface area contributed by atoms with Crippen molar-refractivity contribution in [2.24, 2.45) is 0 Å². The molecule has 0 bridgehead atoms. The van der Waals surface area contributed by atoms with Gasteiger partial charge in [-0.05, 0) is 24.6 Å². The molecule has 27 heavy (non-hydrogen) atoms. The summed E-state index contributed by atoms with van der Waals surface area (Å²) in [4.78, 5) is 28.8. The van der Waals surface area contributed by atoms with Crippen LogP contribution >= 0.6 is 11.3 Å². The van der Waals surface area contributed by atoms with Crippen molar-refractivity contribution in [2.45, 2.75) is 25.8 Å². The number of carbonyl (C=O) groups excluding carboxylic acids is 2. The second kappa shape index (κ2) is 9.14. The molecule has 0 fully saturated rings. The van der Waals surface area contributed by atoms with E-state index in [1.807, 2.05) is 59.4 Å². The third-order valence-electron chi connectivity index (χ3n) is 3.97. The highest BCUT2D eigenvalue weighted by Gasteiger charge is 2.21. The summed E-state index contributed by atoms with van der Waals surface area (Å²) in [6.07, 6.45) is 4.43. The average Bonchev–Trinajstić information content (AvgIpc) is 3.33. The normalized spacial score (nSPS) is 11.7. The third-order valence-corrected chi connectivity index (χ3v) is 4.78. The van der Waals surface area contributed by atoms with Gasteiger partial charge in [0.25, 0.3) is 0 Å². The first-order chi connectivity index (χ1) is 13.2. The van der Waals surface area contributed by atoms with E-state index in [1.54, 1.807) is 12.3 Å². The molecule has 1 unspecified atom stereocenters. The second-order valence-electron chi connectivity index (χ2n) is 5.95. The molecule has 1 N–H and O–H groups in total. The number of hydrogen-bond acceptors (Lipinski definition) is 5. The Kier molecular flexibility index (Phi) is 6.38. The van der Waals surface area contributed by atoms with Crippen LogP contribution in [-0.4, -0.2) is 28.0 Å². The molecule has 1 amide bonds. The van der Waals surface area contributed by atoms with E-state index in [-0.39, 0.29) is 24.3 Å². The van der Waals surface area contributed by atoms with Gasteiger partial charge in [0.15, 0.2) is 5.13 Å². The van der Waals surface area contributed by atoms with Crippen LogP contribution in [0.2, 0.25) is 0 Å². The number of esters is 1. The molecule has 0 aliphatic rings. The van der Waals surface area contributed by atoms with Crippen LogP contribution in [0.25, 0.3) is 0 Å². The lowest BCUT2D eigenvalue weighted by Gasteiger charge is -2.18. The molecule has 0 aliphatic carbocycles. The third kappa shape index (κ3) is 5.27. The van der Waals surface area contributed by atoms with E-state index in [0.29, 0.717) is 23.9 Å². The van der Waals surface area contributed by atoms with Crippen molar-refractivity contribution < 1.29 is 14.3 Å². The molecular weight excluding hydrogens is 362 g/mol. The number of hydrogen-bond donors (Lipinski definition) is 1. The molecule has 0 spiro atoms. The smallest absolute Gasteiger partial charge is 0.311 e. The van der Waals surface area contributed by atoms with E-state index in [2.05, 4.69) is 10.3 Å². The minimum atomic E-state index is -0.389. The zero-order valence-electron chi connectivity index (χ0n) is 15.0. The predicted octanol–water partition coefficient (Wildman–Crippen LogP) is 3.47. The summed E-state index contributed by atoms with van der Waals surface area (Å²) in [5.41, 5.74) is 1.67. The van der Waals surface area contributed by atoms with Crippen molar-refractivity contribution in [3.63, 3.8) is 0 Å². The molecule has 3 aromatic rings. The highest BCUT2D eigenvalue weighted by atomic mass is 32.1. The van der Waals surface area contributed by atoms with E-state index in [9.17, 15) is 9.59 Å². The number of anilines is 1. The standard InChI is InChI=1S/C20H21N3O3S/c1-2-26-18(24)13-16-14-27-20(21-16)22-19(25)17(23-10-6-7-11-23)12-15-8-4-3-5-9-15/h3-11,14,17H,2,12-13H2,1H3,(H,21,22,25). The Morgan fingerprint density at radius 3 is 2.63 bits per heavy atom. The van der Waals surface area contributed by atoms with Gasteiger partial charge in [-0.2, -0.15) is 0 Å². The maximum atomic E-state index is 12.9. The largest absolute Gasteiger partial charge is 0.466 e. The van der Waals surface area contributed by atoms with E-state index < -0.39 is 0 Å². The van der Waals surface area contributed by atoms with Crippen molar-refractivity contribution in [1.82, 2.24) is 9.55 Å². The maximum absolute atomic E-state index is 12.9. The molecular formula is C20H21N3O3S. The molecule has 6 nitrogen and oxygen atoms in total. The molecule has 2 aromatic heterocycles. The highest BCUT2D eigenvalue weighted by molar-refractivity contribution is 7.13. The highest BCUT2D eigenvalue weighted by Crippen LogP contribution is 2.21. The number of nitrogens with zero attached hydrogens (tertiary/aromatic N) is 2. The van der Waals surface area contributed by atoms with Crippen LogP contribution in [0.1, 0.15) is 24.2 Å². The Balaban J connectivity index is 1.69. The van der Waals surface area contributed by atoms with Crippen molar-refractivity contribution in [1.29, 1.82) is 0 Å². The molecule has 2 heterocycles. The van der Waals surface area contributed by atoms with Gasteiger partial charge in [-0.25, -0.2) is 4.98 Å². The SMILES string of the molecule is CCOC(=O)Cc1csc(NC(=O)C(Cc2ccccc2)n2cccc2)n1. The molecule has 1 aromatic carbocycles. The Bertz CT molecular complexity index is 875. The summed E-state index contributed by atoms with van der Waals surface area (Å²) in [5, 5.41) is 5.11. The second-order valence-corrected chi connectivity index (χ2v) is 6.81. The van der Waals surface area contributed by atoms with Gasteiger partial charge in [-0.1, -0.05) is 30.3 Å². The number of ether oxygens (including phenoxy) is 1. The predicted molar refractivity (Wildman–Crippen MR) is 105 cm³/mol. The van der Waals surface area contributed by atoms with Gasteiger partial charge in [0.05, 0.1) is 18.7 Å². The summed E-state index contributed by atoms with van der Waals surface area (Å²) in [6.45, 7) is 2.10. The van der Waals surface area contributed by atoms with Crippen molar-refractivity contribution in [2.75, 3.05) is 11.9 Å². The lowest BCUT2D eigenvalue weighted by Crippen LogP contribution is -2.27. The summed E-state index contributed by atoms with van der Waals surface area (Å²) in [5.74, 6) is -0.470. The summed E-state index contributed by atoms with van der Waals surface area (Å²) in [7, 11) is 0. The number of rotatable bonds is 8. The Morgan fingerprint density at radius 1 is 1.19 bits per heavy atom. The number of amides is 1. The van der Waals surface area contributed by atoms with Crippen LogP contribution in [0.4, 0.5) is 5.13 Å². The topological polar surface area (TPSA) is 73.2 Å². The summed E-state index contributed by atoms with van der Waals surface area (Å²) >= 11 is 1.30. The quantitative estimate of drug-likeness (QED) is 0.605. The fraction of sp³-hybridized carbons (Fsp3) is 0.250. The van der Waals surface area contributed by atoms with Crippen LogP contribution < -0.4 is 5.32 Å². The van der Waals surface area contributed by atoms with Gasteiger partial charge >= 0.3 is 5.97 Å². The first-order valence-corrected chi connectivity index (χ1v) is 9.61. The van der Waals surface area contributed by atoms with E-state index in [4.69, 9.17) is 4.74 Å². The number of nitrogens with one attached hydrogen (secondary N) is 1. The molecule has 7 heteroatoms. The van der Waals surface area contributed by atoms with Gasteiger partial charge in [0.2, 0.25) is 5.91 Å². The van der Waals surface area contributed by atoms with Crippen LogP contribution in [0.15, 0.2) is 60.2 Å². The molecule has 0 radical (unpaired) electrons. The molecule has 1 atom stereocenters. The van der Waals surface area contributed by atoms with Gasteiger partial charge in [0, 0.05) is 24.2 Å². The molecule has 0 saturated heterocycles. The summed E-state index contributed by atoms with van der Waals surface area (Å²) in [6, 6.07) is 13.3. The first kappa shape index (κ1) is 18.8. The van der Waals surface area contributed by atoms with Gasteiger partial charge < -0.3 is 14.6 Å². The van der Waals surface area contributed by atoms with Crippen molar-refractivity contribution >= 4 is 28.3 Å². The Labute approximate surface area is 161 Å². The Hall–Kier alpha value is -2.93. The molecule has 0 saturated carbocycles. The average molecular weight is 383 g/mol. The Morgan fingerprint density at radius 2 is 1.93 bits per heavy atom. The fourth-order valence-electron chi connectivity index (χ4n) is 2.72. The minimum Gasteiger partial charge on any atom is -0.466 e. The lowest BCUT2D eigenvalue weighted by molar-refractivity contribution is -0.142. The van der Waals surface area contributed by atoms with Crippen LogP contribution in [-0.2, 0) is 27.2 Å². The molecule has 0 aliphatic heterocycles. The van der Waals surface area contributed by atoms with Crippen LogP contribution in [0, 0.1) is 0 Å². The van der Waals surface area contributed by atoms with Crippen molar-refractivity contribution in [3.8, 4) is 0 Å². The van der Waals surface area contributed by atoms with Crippen LogP contribution in [0.3, 0.4) is 0 Å². The lowest BCUT2D eigenvalue weighted by atomic mass is 10.1. The number of aromatic nitrogens is 2. The minimum absolute atomic E-state index is 0.102. The molecule has 140 valence electrons. The maximum Gasteiger partial charge on any atom is 0.311 e. The van der Waals surface area contributed by atoms with Crippen molar-refractivity contribution in [3.05, 3.63) is 71.5 Å². The monoisotopic (exact) mass is 383 g/mol. The van der Waals surface area contributed by atoms with E-state index in [1.165, 1.54) is 11.3 Å². The summed E-state index contributed by atoms with van der Waals surface area (Å²) < 4.78 is 6.81. The number of benzene rings is 1. The van der Waals surface area contributed by atoms with E-state index in [0.717, 1.165) is 5.56 Å².